The molecule has 0 unspecified atom stereocenters. The number of hydrogen-bond donors (Lipinski definition) is 0. The lowest BCUT2D eigenvalue weighted by Crippen LogP contribution is -2.42. The largest absolute Gasteiger partial charge is 0.490 e. The van der Waals surface area contributed by atoms with Gasteiger partial charge in [-0.25, -0.2) is 4.98 Å². The molecule has 1 aromatic heterocycles. The molecule has 1 saturated heterocycles. The van der Waals surface area contributed by atoms with Gasteiger partial charge in [0.15, 0.2) is 0 Å². The minimum absolute atomic E-state index is 0.180. The summed E-state index contributed by atoms with van der Waals surface area (Å²) in [6.45, 7) is 1.63. The van der Waals surface area contributed by atoms with Crippen molar-refractivity contribution in [1.82, 2.24) is 9.88 Å². The van der Waals surface area contributed by atoms with Crippen molar-refractivity contribution in [2.24, 2.45) is 5.92 Å². The molecule has 0 bridgehead atoms. The topological polar surface area (TPSA) is 51.7 Å². The predicted octanol–water partition coefficient (Wildman–Crippen LogP) is 4.69. The Labute approximate surface area is 176 Å². The zero-order valence-corrected chi connectivity index (χ0v) is 17.2. The number of carbonyl (C=O) groups excluding carboxylic acids is 1. The Bertz CT molecular complexity index is 1050. The van der Waals surface area contributed by atoms with E-state index in [0.29, 0.717) is 17.7 Å². The van der Waals surface area contributed by atoms with Crippen LogP contribution in [0, 0.1) is 5.92 Å². The number of piperidine rings is 1. The fourth-order valence-corrected chi connectivity index (χ4v) is 4.11. The van der Waals surface area contributed by atoms with E-state index in [4.69, 9.17) is 9.47 Å². The molecule has 3 aromatic rings. The molecule has 5 heteroatoms. The average Bonchev–Trinajstić information content (AvgIpc) is 3.64. The summed E-state index contributed by atoms with van der Waals surface area (Å²) in [4.78, 5) is 18.5. The van der Waals surface area contributed by atoms with Gasteiger partial charge < -0.3 is 14.4 Å². The highest BCUT2D eigenvalue weighted by Crippen LogP contribution is 2.32. The first kappa shape index (κ1) is 18.9. The number of likely N-dealkylation sites (tertiary alicyclic amines) is 1. The fourth-order valence-electron chi connectivity index (χ4n) is 4.11. The summed E-state index contributed by atoms with van der Waals surface area (Å²) in [5.41, 5.74) is 2.29. The Kier molecular flexibility index (Phi) is 5.03. The van der Waals surface area contributed by atoms with E-state index in [-0.39, 0.29) is 6.10 Å². The predicted molar refractivity (Wildman–Crippen MR) is 117 cm³/mol. The van der Waals surface area contributed by atoms with E-state index >= 15 is 0 Å². The minimum atomic E-state index is 0.180. The first-order valence-electron chi connectivity index (χ1n) is 10.7. The number of pyridine rings is 1. The maximum Gasteiger partial charge on any atom is 0.225 e. The van der Waals surface area contributed by atoms with Crippen molar-refractivity contribution in [3.05, 3.63) is 54.7 Å². The van der Waals surface area contributed by atoms with Crippen molar-refractivity contribution < 1.29 is 14.3 Å². The monoisotopic (exact) mass is 402 g/mol. The first-order valence-corrected chi connectivity index (χ1v) is 10.7. The van der Waals surface area contributed by atoms with Gasteiger partial charge in [-0.2, -0.15) is 0 Å². The second-order valence-corrected chi connectivity index (χ2v) is 8.23. The molecular weight excluding hydrogens is 376 g/mol. The quantitative estimate of drug-likeness (QED) is 0.621. The standard InChI is InChI=1S/C25H26N2O3/c1-29-24-15-21-14-19(4-5-20(21)16-26-24)17-6-8-22(9-7-17)30-23-10-12-27(13-11-23)25(28)18-2-3-18/h4-9,14-16,18,23H,2-3,10-13H2,1H3. The molecule has 30 heavy (non-hydrogen) atoms. The highest BCUT2D eigenvalue weighted by molar-refractivity contribution is 5.87. The molecule has 154 valence electrons. The highest BCUT2D eigenvalue weighted by atomic mass is 16.5. The lowest BCUT2D eigenvalue weighted by molar-refractivity contribution is -0.134. The number of amides is 1. The third kappa shape index (κ3) is 3.97. The lowest BCUT2D eigenvalue weighted by atomic mass is 10.0. The van der Waals surface area contributed by atoms with Crippen LogP contribution in [0.1, 0.15) is 25.7 Å². The van der Waals surface area contributed by atoms with Crippen LogP contribution in [0.25, 0.3) is 21.9 Å². The zero-order chi connectivity index (χ0) is 20.5. The molecule has 5 rings (SSSR count). The summed E-state index contributed by atoms with van der Waals surface area (Å²) in [6, 6.07) is 16.6. The maximum atomic E-state index is 12.2. The number of aromatic nitrogens is 1. The molecule has 2 fully saturated rings. The highest BCUT2D eigenvalue weighted by Gasteiger charge is 2.35. The number of ether oxygens (including phenoxy) is 2. The van der Waals surface area contributed by atoms with Gasteiger partial charge in [0.2, 0.25) is 11.8 Å². The molecule has 5 nitrogen and oxygen atoms in total. The summed E-state index contributed by atoms with van der Waals surface area (Å²) in [6.07, 6.45) is 5.96. The van der Waals surface area contributed by atoms with E-state index in [1.54, 1.807) is 7.11 Å². The Morgan fingerprint density at radius 3 is 2.37 bits per heavy atom. The molecule has 0 radical (unpaired) electrons. The summed E-state index contributed by atoms with van der Waals surface area (Å²) in [5.74, 6) is 2.16. The summed E-state index contributed by atoms with van der Waals surface area (Å²) >= 11 is 0. The fraction of sp³-hybridized carbons (Fsp3) is 0.360. The summed E-state index contributed by atoms with van der Waals surface area (Å²) in [7, 11) is 1.63. The average molecular weight is 402 g/mol. The maximum absolute atomic E-state index is 12.2. The van der Waals surface area contributed by atoms with E-state index in [0.717, 1.165) is 66.4 Å². The number of hydrogen-bond acceptors (Lipinski definition) is 4. The second-order valence-electron chi connectivity index (χ2n) is 8.23. The molecule has 1 saturated carbocycles. The number of rotatable bonds is 5. The normalized spacial score (nSPS) is 17.2. The number of nitrogens with zero attached hydrogens (tertiary/aromatic N) is 2. The second kappa shape index (κ2) is 7.98. The minimum Gasteiger partial charge on any atom is -0.490 e. The van der Waals surface area contributed by atoms with Crippen LogP contribution in [-0.4, -0.2) is 42.1 Å². The van der Waals surface area contributed by atoms with Crippen LogP contribution in [0.4, 0.5) is 0 Å². The third-order valence-electron chi connectivity index (χ3n) is 6.08. The molecule has 0 N–H and O–H groups in total. The van der Waals surface area contributed by atoms with Crippen LogP contribution in [0.3, 0.4) is 0 Å². The Hall–Kier alpha value is -3.08. The lowest BCUT2D eigenvalue weighted by Gasteiger charge is -2.32. The van der Waals surface area contributed by atoms with Crippen molar-refractivity contribution in [1.29, 1.82) is 0 Å². The molecule has 0 spiro atoms. The number of methoxy groups -OCH3 is 1. The van der Waals surface area contributed by atoms with Crippen LogP contribution in [0.15, 0.2) is 54.7 Å². The van der Waals surface area contributed by atoms with E-state index in [9.17, 15) is 4.79 Å². The molecule has 1 amide bonds. The number of fused-ring (bicyclic) bond motifs is 1. The van der Waals surface area contributed by atoms with Gasteiger partial charge in [0.05, 0.1) is 7.11 Å². The first-order chi connectivity index (χ1) is 14.7. The smallest absolute Gasteiger partial charge is 0.225 e. The van der Waals surface area contributed by atoms with Gasteiger partial charge in [0.1, 0.15) is 11.9 Å². The van der Waals surface area contributed by atoms with Gasteiger partial charge >= 0.3 is 0 Å². The van der Waals surface area contributed by atoms with Crippen LogP contribution < -0.4 is 9.47 Å². The SMILES string of the molecule is COc1cc2cc(-c3ccc(OC4CCN(C(=O)C5CC5)CC4)cc3)ccc2cn1. The van der Waals surface area contributed by atoms with Crippen LogP contribution in [0.5, 0.6) is 11.6 Å². The Morgan fingerprint density at radius 1 is 0.933 bits per heavy atom. The summed E-state index contributed by atoms with van der Waals surface area (Å²) in [5, 5.41) is 2.19. The Balaban J connectivity index is 1.23. The zero-order valence-electron chi connectivity index (χ0n) is 17.2. The third-order valence-corrected chi connectivity index (χ3v) is 6.08. The van der Waals surface area contributed by atoms with E-state index in [2.05, 4.69) is 35.3 Å². The van der Waals surface area contributed by atoms with Gasteiger partial charge in [0.25, 0.3) is 0 Å². The van der Waals surface area contributed by atoms with E-state index < -0.39 is 0 Å². The van der Waals surface area contributed by atoms with Gasteiger partial charge in [0, 0.05) is 49.5 Å². The van der Waals surface area contributed by atoms with Crippen molar-refractivity contribution in [3.8, 4) is 22.8 Å². The molecule has 2 aromatic carbocycles. The molecule has 2 aliphatic rings. The molecule has 1 aliphatic carbocycles. The molecular formula is C25H26N2O3. The Morgan fingerprint density at radius 2 is 1.67 bits per heavy atom. The molecule has 2 heterocycles. The van der Waals surface area contributed by atoms with Gasteiger partial charge in [-0.1, -0.05) is 24.3 Å². The van der Waals surface area contributed by atoms with Crippen LogP contribution in [-0.2, 0) is 4.79 Å². The van der Waals surface area contributed by atoms with Crippen molar-refractivity contribution in [2.45, 2.75) is 31.8 Å². The van der Waals surface area contributed by atoms with Gasteiger partial charge in [-0.3, -0.25) is 4.79 Å². The van der Waals surface area contributed by atoms with Crippen molar-refractivity contribution in [3.63, 3.8) is 0 Å². The molecule has 1 aliphatic heterocycles. The number of carbonyl (C=O) groups is 1. The van der Waals surface area contributed by atoms with Gasteiger partial charge in [-0.15, -0.1) is 0 Å². The van der Waals surface area contributed by atoms with Gasteiger partial charge in [-0.05, 0) is 47.6 Å². The van der Waals surface area contributed by atoms with E-state index in [1.165, 1.54) is 0 Å². The van der Waals surface area contributed by atoms with Crippen molar-refractivity contribution >= 4 is 16.7 Å². The van der Waals surface area contributed by atoms with Crippen molar-refractivity contribution in [2.75, 3.05) is 20.2 Å². The van der Waals surface area contributed by atoms with Crippen LogP contribution in [0.2, 0.25) is 0 Å². The molecule has 0 atom stereocenters. The van der Waals surface area contributed by atoms with Crippen LogP contribution >= 0.6 is 0 Å². The van der Waals surface area contributed by atoms with E-state index in [1.807, 2.05) is 29.3 Å². The summed E-state index contributed by atoms with van der Waals surface area (Å²) < 4.78 is 11.4. The number of benzene rings is 2.